The molecule has 6 heteroatoms. The zero-order valence-electron chi connectivity index (χ0n) is 16.2. The van der Waals surface area contributed by atoms with E-state index < -0.39 is 0 Å². The van der Waals surface area contributed by atoms with Crippen molar-refractivity contribution in [3.05, 3.63) is 78.9 Å². The third-order valence-corrected chi connectivity index (χ3v) is 5.59. The van der Waals surface area contributed by atoms with Crippen LogP contribution in [0.2, 0.25) is 0 Å². The van der Waals surface area contributed by atoms with Gasteiger partial charge in [0.1, 0.15) is 0 Å². The highest BCUT2D eigenvalue weighted by Gasteiger charge is 2.19. The van der Waals surface area contributed by atoms with Gasteiger partial charge in [0.2, 0.25) is 5.91 Å². The van der Waals surface area contributed by atoms with Crippen LogP contribution in [0.25, 0.3) is 11.4 Å². The molecule has 3 rings (SSSR count). The van der Waals surface area contributed by atoms with Crippen LogP contribution in [-0.2, 0) is 11.3 Å². The molecule has 1 heterocycles. The van der Waals surface area contributed by atoms with Crippen molar-refractivity contribution in [3.8, 4) is 11.4 Å². The van der Waals surface area contributed by atoms with E-state index in [4.69, 9.17) is 0 Å². The van der Waals surface area contributed by atoms with E-state index in [-0.39, 0.29) is 11.9 Å². The Kier molecular flexibility index (Phi) is 6.66. The van der Waals surface area contributed by atoms with Gasteiger partial charge >= 0.3 is 0 Å². The minimum absolute atomic E-state index is 0.0141. The summed E-state index contributed by atoms with van der Waals surface area (Å²) in [5.74, 6) is 1.13. The molecular formula is C22H24N4OS. The van der Waals surface area contributed by atoms with Crippen molar-refractivity contribution in [1.82, 2.24) is 19.7 Å². The SMILES string of the molecule is C=CCn1c(SCC(=O)N(C)C(C)c2ccccc2)nnc1-c1ccccc1. The number of thioether (sulfide) groups is 1. The number of nitrogens with zero attached hydrogens (tertiary/aromatic N) is 4. The first-order chi connectivity index (χ1) is 13.6. The first-order valence-corrected chi connectivity index (χ1v) is 10.1. The van der Waals surface area contributed by atoms with Crippen molar-refractivity contribution >= 4 is 17.7 Å². The normalized spacial score (nSPS) is 11.8. The molecule has 1 unspecified atom stereocenters. The van der Waals surface area contributed by atoms with Gasteiger partial charge in [0.15, 0.2) is 11.0 Å². The van der Waals surface area contributed by atoms with Gasteiger partial charge in [0, 0.05) is 19.2 Å². The number of allylic oxidation sites excluding steroid dienone is 1. The fourth-order valence-corrected chi connectivity index (χ4v) is 3.76. The molecule has 1 amide bonds. The number of carbonyl (C=O) groups is 1. The van der Waals surface area contributed by atoms with E-state index in [1.54, 1.807) is 4.90 Å². The van der Waals surface area contributed by atoms with E-state index in [2.05, 4.69) is 16.8 Å². The summed E-state index contributed by atoms with van der Waals surface area (Å²) in [6.07, 6.45) is 1.81. The lowest BCUT2D eigenvalue weighted by Gasteiger charge is -2.25. The first kappa shape index (κ1) is 19.9. The third kappa shape index (κ3) is 4.51. The van der Waals surface area contributed by atoms with E-state index >= 15 is 0 Å². The van der Waals surface area contributed by atoms with Crippen molar-refractivity contribution in [2.24, 2.45) is 0 Å². The van der Waals surface area contributed by atoms with Gasteiger partial charge in [0.25, 0.3) is 0 Å². The average Bonchev–Trinajstić information content (AvgIpc) is 3.15. The molecule has 3 aromatic rings. The van der Waals surface area contributed by atoms with Gasteiger partial charge in [-0.15, -0.1) is 16.8 Å². The smallest absolute Gasteiger partial charge is 0.233 e. The minimum Gasteiger partial charge on any atom is -0.338 e. The maximum Gasteiger partial charge on any atom is 0.233 e. The number of hydrogen-bond donors (Lipinski definition) is 0. The van der Waals surface area contributed by atoms with E-state index in [1.807, 2.05) is 85.3 Å². The topological polar surface area (TPSA) is 51.0 Å². The molecule has 0 N–H and O–H groups in total. The van der Waals surface area contributed by atoms with Gasteiger partial charge in [-0.05, 0) is 12.5 Å². The summed E-state index contributed by atoms with van der Waals surface area (Å²) in [4.78, 5) is 14.5. The molecule has 0 aliphatic rings. The van der Waals surface area contributed by atoms with Gasteiger partial charge in [-0.25, -0.2) is 0 Å². The Bertz CT molecular complexity index is 924. The van der Waals surface area contributed by atoms with Crippen molar-refractivity contribution < 1.29 is 4.79 Å². The maximum absolute atomic E-state index is 12.7. The number of rotatable bonds is 8. The third-order valence-electron chi connectivity index (χ3n) is 4.64. The average molecular weight is 393 g/mol. The van der Waals surface area contributed by atoms with E-state index in [1.165, 1.54) is 11.8 Å². The molecule has 1 aromatic heterocycles. The molecule has 0 radical (unpaired) electrons. The fourth-order valence-electron chi connectivity index (χ4n) is 2.89. The molecule has 0 bridgehead atoms. The molecular weight excluding hydrogens is 368 g/mol. The lowest BCUT2D eigenvalue weighted by molar-refractivity contribution is -0.128. The van der Waals surface area contributed by atoms with Crippen LogP contribution in [-0.4, -0.2) is 38.4 Å². The van der Waals surface area contributed by atoms with Crippen LogP contribution >= 0.6 is 11.8 Å². The standard InChI is InChI=1S/C22H24N4OS/c1-4-15-26-21(19-13-9-6-10-14-19)23-24-22(26)28-16-20(27)25(3)17(2)18-11-7-5-8-12-18/h4-14,17H,1,15-16H2,2-3H3. The van der Waals surface area contributed by atoms with Gasteiger partial charge < -0.3 is 4.90 Å². The maximum atomic E-state index is 12.7. The van der Waals surface area contributed by atoms with E-state index in [9.17, 15) is 4.79 Å². The number of hydrogen-bond acceptors (Lipinski definition) is 4. The summed E-state index contributed by atoms with van der Waals surface area (Å²) in [6, 6.07) is 19.9. The molecule has 144 valence electrons. The second kappa shape index (κ2) is 9.37. The van der Waals surface area contributed by atoms with Crippen LogP contribution in [0.1, 0.15) is 18.5 Å². The van der Waals surface area contributed by atoms with Crippen molar-refractivity contribution in [2.45, 2.75) is 24.7 Å². The minimum atomic E-state index is 0.0141. The summed E-state index contributed by atoms with van der Waals surface area (Å²) in [6.45, 7) is 6.45. The number of aromatic nitrogens is 3. The number of amides is 1. The predicted octanol–water partition coefficient (Wildman–Crippen LogP) is 4.44. The Labute approximate surface area is 170 Å². The highest BCUT2D eigenvalue weighted by Crippen LogP contribution is 2.25. The Morgan fingerprint density at radius 1 is 1.14 bits per heavy atom. The summed E-state index contributed by atoms with van der Waals surface area (Å²) in [5.41, 5.74) is 2.11. The Balaban J connectivity index is 1.71. The quantitative estimate of drug-likeness (QED) is 0.420. The molecule has 0 saturated carbocycles. The van der Waals surface area contributed by atoms with E-state index in [0.29, 0.717) is 17.5 Å². The molecule has 0 aliphatic carbocycles. The molecule has 0 saturated heterocycles. The fraction of sp³-hybridized carbons (Fsp3) is 0.227. The molecule has 1 atom stereocenters. The van der Waals surface area contributed by atoms with Crippen molar-refractivity contribution in [2.75, 3.05) is 12.8 Å². The van der Waals surface area contributed by atoms with Crippen molar-refractivity contribution in [3.63, 3.8) is 0 Å². The van der Waals surface area contributed by atoms with Crippen LogP contribution in [0.5, 0.6) is 0 Å². The lowest BCUT2D eigenvalue weighted by atomic mass is 10.1. The highest BCUT2D eigenvalue weighted by molar-refractivity contribution is 7.99. The molecule has 5 nitrogen and oxygen atoms in total. The predicted molar refractivity (Wildman–Crippen MR) is 114 cm³/mol. The monoisotopic (exact) mass is 392 g/mol. The molecule has 0 aliphatic heterocycles. The zero-order valence-corrected chi connectivity index (χ0v) is 17.0. The molecule has 0 spiro atoms. The second-order valence-corrected chi connectivity index (χ2v) is 7.39. The van der Waals surface area contributed by atoms with Crippen molar-refractivity contribution in [1.29, 1.82) is 0 Å². The Hall–Kier alpha value is -2.86. The van der Waals surface area contributed by atoms with Gasteiger partial charge in [-0.3, -0.25) is 9.36 Å². The Morgan fingerprint density at radius 2 is 1.79 bits per heavy atom. The van der Waals surface area contributed by atoms with Gasteiger partial charge in [0.05, 0.1) is 11.8 Å². The van der Waals surface area contributed by atoms with Crippen LogP contribution in [0.4, 0.5) is 0 Å². The summed E-state index contributed by atoms with van der Waals surface area (Å²) < 4.78 is 1.99. The zero-order chi connectivity index (χ0) is 19.9. The first-order valence-electron chi connectivity index (χ1n) is 9.14. The Morgan fingerprint density at radius 3 is 2.43 bits per heavy atom. The number of carbonyl (C=O) groups excluding carboxylic acids is 1. The van der Waals surface area contributed by atoms with Gasteiger partial charge in [-0.1, -0.05) is 78.5 Å². The van der Waals surface area contributed by atoms with Gasteiger partial charge in [-0.2, -0.15) is 0 Å². The second-order valence-electron chi connectivity index (χ2n) is 6.45. The van der Waals surface area contributed by atoms with Crippen LogP contribution in [0.3, 0.4) is 0 Å². The van der Waals surface area contributed by atoms with Crippen LogP contribution < -0.4 is 0 Å². The van der Waals surface area contributed by atoms with Crippen LogP contribution in [0.15, 0.2) is 78.5 Å². The molecule has 2 aromatic carbocycles. The summed E-state index contributed by atoms with van der Waals surface area (Å²) in [5, 5.41) is 9.35. The number of benzene rings is 2. The van der Waals surface area contributed by atoms with E-state index in [0.717, 1.165) is 17.0 Å². The van der Waals surface area contributed by atoms with Crippen LogP contribution in [0, 0.1) is 0 Å². The summed E-state index contributed by atoms with van der Waals surface area (Å²) >= 11 is 1.40. The largest absolute Gasteiger partial charge is 0.338 e. The molecule has 28 heavy (non-hydrogen) atoms. The lowest BCUT2D eigenvalue weighted by Crippen LogP contribution is -2.31. The summed E-state index contributed by atoms with van der Waals surface area (Å²) in [7, 11) is 1.84. The molecule has 0 fully saturated rings. The highest BCUT2D eigenvalue weighted by atomic mass is 32.2.